The van der Waals surface area contributed by atoms with Gasteiger partial charge < -0.3 is 19.7 Å². The van der Waals surface area contributed by atoms with E-state index in [1.54, 1.807) is 0 Å². The Morgan fingerprint density at radius 2 is 0.917 bits per heavy atom. The molecule has 0 bridgehead atoms. The fraction of sp³-hybridized carbons (Fsp3) is 0.982. The maximum absolute atomic E-state index is 14.5. The largest absolute Gasteiger partial charge is 0.508 e. The minimum atomic E-state index is -0.522. The molecule has 8 aliphatic rings. The van der Waals surface area contributed by atoms with E-state index in [0.717, 1.165) is 73.0 Å². The average Bonchev–Trinajstić information content (AvgIpc) is 3.72. The third kappa shape index (κ3) is 7.90. The van der Waals surface area contributed by atoms with Crippen LogP contribution in [0.25, 0.3) is 0 Å². The molecule has 0 aromatic heterocycles. The molecule has 0 aromatic carbocycles. The monoisotopic (exact) mass is 835 g/mol. The Bertz CT molecular complexity index is 1370. The van der Waals surface area contributed by atoms with E-state index in [1.807, 2.05) is 0 Å². The highest BCUT2D eigenvalue weighted by atomic mass is 16.7. The summed E-state index contributed by atoms with van der Waals surface area (Å²) in [7, 11) is 0. The van der Waals surface area contributed by atoms with Crippen LogP contribution in [-0.2, 0) is 9.47 Å². The van der Waals surface area contributed by atoms with E-state index < -0.39 is 18.4 Å². The van der Waals surface area contributed by atoms with E-state index >= 15 is 0 Å². The lowest BCUT2D eigenvalue weighted by Gasteiger charge is -2.63. The molecule has 8 fully saturated rings. The zero-order valence-electron chi connectivity index (χ0n) is 40.6. The van der Waals surface area contributed by atoms with Crippen molar-refractivity contribution in [2.75, 3.05) is 0 Å². The molecule has 344 valence electrons. The van der Waals surface area contributed by atoms with Crippen LogP contribution in [0.5, 0.6) is 0 Å². The van der Waals surface area contributed by atoms with Crippen molar-refractivity contribution < 1.29 is 24.5 Å². The number of carbonyl (C=O) groups is 1. The summed E-state index contributed by atoms with van der Waals surface area (Å²) in [6, 6.07) is 0. The molecule has 0 heterocycles. The van der Waals surface area contributed by atoms with Crippen LogP contribution in [0.15, 0.2) is 0 Å². The lowest BCUT2D eigenvalue weighted by atomic mass is 9.43. The van der Waals surface area contributed by atoms with Crippen LogP contribution in [0.2, 0.25) is 0 Å². The standard InChI is InChI=1S/C55H94O5/c1-33(2)13-11-15-35(5)43-21-23-45-41-19-17-37-29-39(56)31-49(54(37,9)47(41)25-27-52(43,45)7)59-51(58)60-50-32-40(57)30-38-18-20-42-46-24-22-44(36(6)16-12-14-34(3)4)53(46,8)28-26-48(42)55(38,50)10/h33-50,56-57H,11-32H2,1-10H3/t35-,36-,37-,38-,39+,40+,41-,42-,43-,44-,45+,46+,47+,48+,49?,50?,52-,53-,54+,55+/m1/s1. The van der Waals surface area contributed by atoms with Crippen LogP contribution in [0.1, 0.15) is 210 Å². The van der Waals surface area contributed by atoms with Crippen molar-refractivity contribution in [1.29, 1.82) is 0 Å². The molecule has 60 heavy (non-hydrogen) atoms. The van der Waals surface area contributed by atoms with Crippen LogP contribution in [0.3, 0.4) is 0 Å². The Balaban J connectivity index is 0.965. The van der Waals surface area contributed by atoms with Gasteiger partial charge in [0, 0.05) is 23.7 Å². The second-order valence-electron chi connectivity index (χ2n) is 25.8. The number of rotatable bonds is 12. The molecule has 8 rings (SSSR count). The zero-order valence-corrected chi connectivity index (χ0v) is 40.6. The predicted molar refractivity (Wildman–Crippen MR) is 244 cm³/mol. The maximum Gasteiger partial charge on any atom is 0.508 e. The van der Waals surface area contributed by atoms with Gasteiger partial charge in [0.1, 0.15) is 12.2 Å². The summed E-state index contributed by atoms with van der Waals surface area (Å²) in [5, 5.41) is 22.7. The number of hydrogen-bond acceptors (Lipinski definition) is 5. The molecule has 20 atom stereocenters. The van der Waals surface area contributed by atoms with Crippen molar-refractivity contribution in [3.63, 3.8) is 0 Å². The van der Waals surface area contributed by atoms with Gasteiger partial charge in [-0.1, -0.05) is 108 Å². The van der Waals surface area contributed by atoms with Gasteiger partial charge in [-0.15, -0.1) is 0 Å². The number of hydrogen-bond donors (Lipinski definition) is 2. The third-order valence-corrected chi connectivity index (χ3v) is 22.3. The average molecular weight is 835 g/mol. The van der Waals surface area contributed by atoms with Crippen LogP contribution in [0, 0.1) is 105 Å². The molecule has 0 saturated heterocycles. The van der Waals surface area contributed by atoms with E-state index in [-0.39, 0.29) is 23.0 Å². The molecular weight excluding hydrogens is 741 g/mol. The molecule has 0 aromatic rings. The van der Waals surface area contributed by atoms with Crippen LogP contribution >= 0.6 is 0 Å². The van der Waals surface area contributed by atoms with Crippen LogP contribution in [-0.4, -0.2) is 40.8 Å². The van der Waals surface area contributed by atoms with Gasteiger partial charge in [-0.3, -0.25) is 0 Å². The zero-order chi connectivity index (χ0) is 42.9. The molecule has 5 nitrogen and oxygen atoms in total. The highest BCUT2D eigenvalue weighted by molar-refractivity contribution is 5.61. The Kier molecular flexibility index (Phi) is 13.4. The minimum absolute atomic E-state index is 0.142. The van der Waals surface area contributed by atoms with Crippen molar-refractivity contribution in [2.45, 2.75) is 235 Å². The summed E-state index contributed by atoms with van der Waals surface area (Å²) in [6.07, 6.45) is 24.1. The summed E-state index contributed by atoms with van der Waals surface area (Å²) in [5.41, 5.74) is 0.546. The second kappa shape index (κ2) is 17.5. The SMILES string of the molecule is CC(C)CCC[C@@H](C)[C@H]1CC[C@H]2[C@H]3CC[C@@H]4C[C@H](O)CC(OC(=O)OC5C[C@@H](O)C[C@H]6CC[C@@H]7[C@@H]8CC[C@H]([C@H](C)CCCC(C)C)[C@@]8(C)CC[C@@H]7[C@@]56C)[C@]4(C)[C@H]3CC[C@]12C. The molecule has 5 heteroatoms. The van der Waals surface area contributed by atoms with Crippen molar-refractivity contribution in [3.8, 4) is 0 Å². The first-order valence-electron chi connectivity index (χ1n) is 26.6. The quantitative estimate of drug-likeness (QED) is 0.192. The van der Waals surface area contributed by atoms with Gasteiger partial charge in [-0.25, -0.2) is 4.79 Å². The van der Waals surface area contributed by atoms with Crippen molar-refractivity contribution in [1.82, 2.24) is 0 Å². The van der Waals surface area contributed by atoms with Gasteiger partial charge in [0.25, 0.3) is 0 Å². The maximum atomic E-state index is 14.5. The molecule has 0 spiro atoms. The van der Waals surface area contributed by atoms with E-state index in [4.69, 9.17) is 9.47 Å². The highest BCUT2D eigenvalue weighted by Gasteiger charge is 2.66. The van der Waals surface area contributed by atoms with Crippen molar-refractivity contribution >= 4 is 6.16 Å². The fourth-order valence-electron chi connectivity index (χ4n) is 19.2. The fourth-order valence-corrected chi connectivity index (χ4v) is 19.2. The predicted octanol–water partition coefficient (Wildman–Crippen LogP) is 14.1. The topological polar surface area (TPSA) is 76.0 Å². The number of ether oxygens (including phenoxy) is 2. The van der Waals surface area contributed by atoms with Gasteiger partial charge in [-0.05, 0) is 184 Å². The second-order valence-corrected chi connectivity index (χ2v) is 25.8. The smallest absolute Gasteiger partial charge is 0.430 e. The van der Waals surface area contributed by atoms with Crippen molar-refractivity contribution in [2.24, 2.45) is 105 Å². The Labute approximate surface area is 368 Å². The molecule has 2 N–H and O–H groups in total. The van der Waals surface area contributed by atoms with E-state index in [0.29, 0.717) is 59.2 Å². The first-order chi connectivity index (χ1) is 28.4. The number of fused-ring (bicyclic) bond motifs is 10. The highest BCUT2D eigenvalue weighted by Crippen LogP contribution is 2.71. The van der Waals surface area contributed by atoms with Crippen LogP contribution < -0.4 is 0 Å². The Morgan fingerprint density at radius 1 is 0.517 bits per heavy atom. The molecule has 8 aliphatic carbocycles. The number of aliphatic hydroxyl groups excluding tert-OH is 2. The van der Waals surface area contributed by atoms with E-state index in [9.17, 15) is 15.0 Å². The molecule has 8 saturated carbocycles. The molecular formula is C55H94O5. The van der Waals surface area contributed by atoms with Gasteiger partial charge in [0.05, 0.1) is 12.2 Å². The lowest BCUT2D eigenvalue weighted by molar-refractivity contribution is -0.207. The van der Waals surface area contributed by atoms with Gasteiger partial charge in [0.15, 0.2) is 0 Å². The summed E-state index contributed by atoms with van der Waals surface area (Å²) < 4.78 is 13.4. The first-order valence-corrected chi connectivity index (χ1v) is 26.6. The van der Waals surface area contributed by atoms with Crippen LogP contribution in [0.4, 0.5) is 4.79 Å². The third-order valence-electron chi connectivity index (χ3n) is 22.3. The molecule has 0 aliphatic heterocycles. The summed E-state index contributed by atoms with van der Waals surface area (Å²) in [6.45, 7) is 24.9. The summed E-state index contributed by atoms with van der Waals surface area (Å²) in [5.74, 6) is 9.47. The molecule has 0 radical (unpaired) electrons. The van der Waals surface area contributed by atoms with Gasteiger partial charge >= 0.3 is 6.16 Å². The normalized spacial score (nSPS) is 49.5. The summed E-state index contributed by atoms with van der Waals surface area (Å²) >= 11 is 0. The Morgan fingerprint density at radius 3 is 1.30 bits per heavy atom. The number of aliphatic hydroxyl groups is 2. The Hall–Kier alpha value is -0.810. The first kappa shape index (κ1) is 45.7. The van der Waals surface area contributed by atoms with Gasteiger partial charge in [-0.2, -0.15) is 0 Å². The minimum Gasteiger partial charge on any atom is -0.430 e. The van der Waals surface area contributed by atoms with E-state index in [2.05, 4.69) is 69.2 Å². The lowest BCUT2D eigenvalue weighted by Crippen LogP contribution is -2.61. The van der Waals surface area contributed by atoms with E-state index in [1.165, 1.54) is 103 Å². The van der Waals surface area contributed by atoms with Gasteiger partial charge in [0.2, 0.25) is 0 Å². The number of carbonyl (C=O) groups excluding carboxylic acids is 1. The van der Waals surface area contributed by atoms with Crippen molar-refractivity contribution in [3.05, 3.63) is 0 Å². The molecule has 0 amide bonds. The summed E-state index contributed by atoms with van der Waals surface area (Å²) in [4.78, 5) is 14.5. The molecule has 2 unspecified atom stereocenters.